The molecule has 6 heteroatoms. The van der Waals surface area contributed by atoms with Crippen molar-refractivity contribution in [1.82, 2.24) is 9.88 Å². The van der Waals surface area contributed by atoms with Gasteiger partial charge in [0.2, 0.25) is 0 Å². The van der Waals surface area contributed by atoms with E-state index in [1.54, 1.807) is 6.07 Å². The van der Waals surface area contributed by atoms with Crippen molar-refractivity contribution in [1.29, 1.82) is 0 Å². The quantitative estimate of drug-likeness (QED) is 0.626. The first-order valence-electron chi connectivity index (χ1n) is 7.04. The average Bonchev–Trinajstić information content (AvgIpc) is 2.79. The van der Waals surface area contributed by atoms with Crippen LogP contribution < -0.4 is 0 Å². The third-order valence-electron chi connectivity index (χ3n) is 3.31. The highest BCUT2D eigenvalue weighted by atomic mass is 35.5. The summed E-state index contributed by atoms with van der Waals surface area (Å²) in [6.07, 6.45) is 1.79. The second-order valence-corrected chi connectivity index (χ2v) is 6.99. The molecule has 2 rings (SSSR count). The number of halogens is 2. The number of pyridine rings is 1. The molecule has 1 fully saturated rings. The van der Waals surface area contributed by atoms with Gasteiger partial charge in [-0.25, -0.2) is 4.98 Å². The van der Waals surface area contributed by atoms with Gasteiger partial charge in [0.1, 0.15) is 21.9 Å². The Morgan fingerprint density at radius 1 is 1.43 bits per heavy atom. The molecule has 0 amide bonds. The number of rotatable bonds is 3. The molecule has 0 aliphatic carbocycles. The van der Waals surface area contributed by atoms with E-state index in [9.17, 15) is 4.79 Å². The summed E-state index contributed by atoms with van der Waals surface area (Å²) < 4.78 is 5.49. The van der Waals surface area contributed by atoms with E-state index in [0.29, 0.717) is 16.9 Å². The monoisotopic (exact) mass is 330 g/mol. The van der Waals surface area contributed by atoms with E-state index in [2.05, 4.69) is 9.88 Å². The molecule has 1 aromatic heterocycles. The van der Waals surface area contributed by atoms with Gasteiger partial charge in [0, 0.05) is 12.1 Å². The number of hydrogen-bond donors (Lipinski definition) is 0. The Kier molecular flexibility index (Phi) is 5.12. The molecule has 0 radical (unpaired) electrons. The van der Waals surface area contributed by atoms with E-state index >= 15 is 0 Å². The van der Waals surface area contributed by atoms with Crippen molar-refractivity contribution < 1.29 is 9.53 Å². The number of aromatic nitrogens is 1. The highest BCUT2D eigenvalue weighted by Crippen LogP contribution is 2.25. The number of nitrogens with zero attached hydrogens (tertiary/aromatic N) is 2. The van der Waals surface area contributed by atoms with Gasteiger partial charge >= 0.3 is 5.97 Å². The maximum Gasteiger partial charge on any atom is 0.323 e. The van der Waals surface area contributed by atoms with Crippen molar-refractivity contribution in [3.8, 4) is 0 Å². The summed E-state index contributed by atoms with van der Waals surface area (Å²) in [5.41, 5.74) is 0.404. The smallest absolute Gasteiger partial charge is 0.323 e. The van der Waals surface area contributed by atoms with Crippen LogP contribution in [0.1, 0.15) is 39.2 Å². The zero-order chi connectivity index (χ0) is 15.6. The summed E-state index contributed by atoms with van der Waals surface area (Å²) in [5.74, 6) is -0.168. The third-order valence-corrected chi connectivity index (χ3v) is 3.85. The zero-order valence-electron chi connectivity index (χ0n) is 12.5. The minimum absolute atomic E-state index is 0.168. The average molecular weight is 331 g/mol. The summed E-state index contributed by atoms with van der Waals surface area (Å²) in [6, 6.07) is 3.35. The summed E-state index contributed by atoms with van der Waals surface area (Å²) in [4.78, 5) is 18.4. The van der Waals surface area contributed by atoms with Crippen LogP contribution in [-0.2, 0) is 16.1 Å². The van der Waals surface area contributed by atoms with Crippen molar-refractivity contribution in [2.24, 2.45) is 0 Å². The Morgan fingerprint density at radius 3 is 2.76 bits per heavy atom. The van der Waals surface area contributed by atoms with Crippen LogP contribution in [-0.4, -0.2) is 34.0 Å². The van der Waals surface area contributed by atoms with Crippen LogP contribution in [0.2, 0.25) is 10.3 Å². The predicted molar refractivity (Wildman–Crippen MR) is 83.5 cm³/mol. The van der Waals surface area contributed by atoms with Crippen LogP contribution in [0.5, 0.6) is 0 Å². The van der Waals surface area contributed by atoms with Gasteiger partial charge in [-0.15, -0.1) is 0 Å². The van der Waals surface area contributed by atoms with E-state index in [-0.39, 0.29) is 12.0 Å². The second kappa shape index (κ2) is 6.51. The molecule has 0 bridgehead atoms. The molecule has 0 unspecified atom stereocenters. The highest BCUT2D eigenvalue weighted by molar-refractivity contribution is 6.32. The first kappa shape index (κ1) is 16.5. The fourth-order valence-electron chi connectivity index (χ4n) is 2.43. The van der Waals surface area contributed by atoms with Crippen LogP contribution in [0.25, 0.3) is 0 Å². The van der Waals surface area contributed by atoms with Gasteiger partial charge in [0.05, 0.1) is 0 Å². The Bertz CT molecular complexity index is 529. The predicted octanol–water partition coefficient (Wildman–Crippen LogP) is 3.69. The summed E-state index contributed by atoms with van der Waals surface area (Å²) in [6.45, 7) is 7.06. The lowest BCUT2D eigenvalue weighted by Gasteiger charge is -2.27. The number of carbonyl (C=O) groups excluding carboxylic acids is 1. The van der Waals surface area contributed by atoms with E-state index < -0.39 is 5.60 Å². The molecule has 1 aliphatic rings. The molecule has 116 valence electrons. The Labute approximate surface area is 135 Å². The number of esters is 1. The molecule has 0 aromatic carbocycles. The van der Waals surface area contributed by atoms with Crippen LogP contribution >= 0.6 is 23.2 Å². The minimum atomic E-state index is -0.467. The summed E-state index contributed by atoms with van der Waals surface area (Å²) >= 11 is 11.9. The first-order valence-corrected chi connectivity index (χ1v) is 7.80. The van der Waals surface area contributed by atoms with E-state index in [0.717, 1.165) is 24.9 Å². The van der Waals surface area contributed by atoms with Crippen molar-refractivity contribution in [3.63, 3.8) is 0 Å². The molecule has 1 saturated heterocycles. The third kappa shape index (κ3) is 4.56. The fraction of sp³-hybridized carbons (Fsp3) is 0.600. The maximum absolute atomic E-state index is 12.3. The molecule has 21 heavy (non-hydrogen) atoms. The maximum atomic E-state index is 12.3. The molecule has 2 heterocycles. The molecule has 1 atom stereocenters. The Morgan fingerprint density at radius 2 is 2.14 bits per heavy atom. The largest absolute Gasteiger partial charge is 0.459 e. The van der Waals surface area contributed by atoms with Crippen molar-refractivity contribution in [2.45, 2.75) is 51.8 Å². The van der Waals surface area contributed by atoms with Crippen molar-refractivity contribution >= 4 is 29.2 Å². The standard InChI is InChI=1S/C15H20Cl2N2O2/c1-15(2,3)21-14(20)11-5-4-8-19(11)9-10-6-7-12(16)18-13(10)17/h6-7,11H,4-5,8-9H2,1-3H3/t11-/m1/s1. The van der Waals surface area contributed by atoms with Gasteiger partial charge in [0.15, 0.2) is 0 Å². The second-order valence-electron chi connectivity index (χ2n) is 6.25. The lowest BCUT2D eigenvalue weighted by molar-refractivity contribution is -0.160. The van der Waals surface area contributed by atoms with Crippen LogP contribution in [0, 0.1) is 0 Å². The van der Waals surface area contributed by atoms with Gasteiger partial charge in [-0.05, 0) is 46.2 Å². The molecule has 4 nitrogen and oxygen atoms in total. The first-order chi connectivity index (χ1) is 9.76. The number of hydrogen-bond acceptors (Lipinski definition) is 4. The van der Waals surface area contributed by atoms with E-state index in [4.69, 9.17) is 27.9 Å². The van der Waals surface area contributed by atoms with Crippen LogP contribution in [0.4, 0.5) is 0 Å². The fourth-order valence-corrected chi connectivity index (χ4v) is 2.83. The number of carbonyl (C=O) groups is 1. The Balaban J connectivity index is 2.06. The molecule has 1 aromatic rings. The molecule has 0 spiro atoms. The molecular formula is C15H20Cl2N2O2. The zero-order valence-corrected chi connectivity index (χ0v) is 14.0. The summed E-state index contributed by atoms with van der Waals surface area (Å²) in [5, 5.41) is 0.756. The van der Waals surface area contributed by atoms with Gasteiger partial charge in [-0.3, -0.25) is 9.69 Å². The summed E-state index contributed by atoms with van der Waals surface area (Å²) in [7, 11) is 0. The van der Waals surface area contributed by atoms with Crippen molar-refractivity contribution in [2.75, 3.05) is 6.54 Å². The van der Waals surface area contributed by atoms with Gasteiger partial charge in [-0.1, -0.05) is 29.3 Å². The highest BCUT2D eigenvalue weighted by Gasteiger charge is 2.34. The SMILES string of the molecule is CC(C)(C)OC(=O)[C@H]1CCCN1Cc1ccc(Cl)nc1Cl. The van der Waals surface area contributed by atoms with Gasteiger partial charge in [0.25, 0.3) is 0 Å². The minimum Gasteiger partial charge on any atom is -0.459 e. The lowest BCUT2D eigenvalue weighted by Crippen LogP contribution is -2.40. The molecule has 1 aliphatic heterocycles. The van der Waals surface area contributed by atoms with Crippen LogP contribution in [0.15, 0.2) is 12.1 Å². The normalized spacial score (nSPS) is 19.8. The molecular weight excluding hydrogens is 311 g/mol. The topological polar surface area (TPSA) is 42.4 Å². The number of ether oxygens (including phenoxy) is 1. The lowest BCUT2D eigenvalue weighted by atomic mass is 10.1. The van der Waals surface area contributed by atoms with Crippen LogP contribution in [0.3, 0.4) is 0 Å². The number of likely N-dealkylation sites (tertiary alicyclic amines) is 1. The van der Waals surface area contributed by atoms with E-state index in [1.807, 2.05) is 26.8 Å². The van der Waals surface area contributed by atoms with Crippen molar-refractivity contribution in [3.05, 3.63) is 28.0 Å². The molecule has 0 saturated carbocycles. The van der Waals surface area contributed by atoms with Gasteiger partial charge < -0.3 is 4.74 Å². The van der Waals surface area contributed by atoms with E-state index in [1.165, 1.54) is 0 Å². The van der Waals surface area contributed by atoms with Gasteiger partial charge in [-0.2, -0.15) is 0 Å². The molecule has 0 N–H and O–H groups in total. The Hall–Kier alpha value is -0.840.